The van der Waals surface area contributed by atoms with Gasteiger partial charge in [-0.3, -0.25) is 71.9 Å². The molecule has 3 aliphatic rings. The molecular formula is C75H116N7O34PS2. The number of amides is 7. The fourth-order valence-electron chi connectivity index (χ4n) is 12.7. The van der Waals surface area contributed by atoms with Crippen LogP contribution in [0.2, 0.25) is 0 Å². The molecule has 0 aromatic heterocycles. The maximum atomic E-state index is 14.5. The summed E-state index contributed by atoms with van der Waals surface area (Å²) in [5, 5.41) is 13.5. The first kappa shape index (κ1) is 104. The predicted molar refractivity (Wildman–Crippen MR) is 415 cm³/mol. The number of ketones is 1. The first-order valence-electron chi connectivity index (χ1n) is 39.1. The van der Waals surface area contributed by atoms with Crippen LogP contribution in [0.1, 0.15) is 186 Å². The molecule has 41 nitrogen and oxygen atoms in total. The minimum atomic E-state index is -1.39. The van der Waals surface area contributed by atoms with Crippen molar-refractivity contribution in [2.24, 2.45) is 0 Å². The van der Waals surface area contributed by atoms with Crippen LogP contribution in [0.25, 0.3) is 0 Å². The summed E-state index contributed by atoms with van der Waals surface area (Å²) in [6.45, 7) is 13.8. The molecule has 0 aromatic rings. The Kier molecular flexibility index (Phi) is 49.2. The predicted octanol–water partition coefficient (Wildman–Crippen LogP) is 0.652. The maximum absolute atomic E-state index is 14.5. The third kappa shape index (κ3) is 41.9. The second-order valence-electron chi connectivity index (χ2n) is 28.0. The van der Waals surface area contributed by atoms with Crippen LogP contribution in [-0.2, 0) is 182 Å². The van der Waals surface area contributed by atoms with Crippen molar-refractivity contribution in [3.8, 4) is 0 Å². The Morgan fingerprint density at radius 1 is 0.395 bits per heavy atom. The van der Waals surface area contributed by atoms with Crippen LogP contribution in [0.4, 0.5) is 0 Å². The molecular weight excluding hydrogens is 1640 g/mol. The Morgan fingerprint density at radius 3 is 1.03 bits per heavy atom. The quantitative estimate of drug-likeness (QED) is 0.0242. The zero-order chi connectivity index (χ0) is 89.0. The van der Waals surface area contributed by atoms with Gasteiger partial charge in [-0.2, -0.15) is 0 Å². The zero-order valence-corrected chi connectivity index (χ0v) is 72.1. The number of carbonyl (C=O) groups is 18. The Morgan fingerprint density at radius 2 is 0.714 bits per heavy atom. The molecule has 7 unspecified atom stereocenters. The van der Waals surface area contributed by atoms with Gasteiger partial charge in [0.05, 0.1) is 0 Å². The van der Waals surface area contributed by atoms with Gasteiger partial charge < -0.3 is 103 Å². The van der Waals surface area contributed by atoms with Gasteiger partial charge in [0.25, 0.3) is 0 Å². The summed E-state index contributed by atoms with van der Waals surface area (Å²) >= 11 is 5.03. The van der Waals surface area contributed by atoms with E-state index in [0.717, 1.165) is 62.3 Å². The number of nitrogens with one attached hydrogen (secondary N) is 5. The summed E-state index contributed by atoms with van der Waals surface area (Å²) in [6.07, 6.45) is -15.9. The molecule has 44 heteroatoms. The summed E-state index contributed by atoms with van der Waals surface area (Å²) in [5.74, 6) is -11.6. The first-order valence-corrected chi connectivity index (χ1v) is 42.5. The fraction of sp³-hybridized carbons (Fsp3) is 0.760. The average molecular weight is 1750 g/mol. The normalized spacial score (nSPS) is 22.6. The number of hydrogen-bond acceptors (Lipinski definition) is 35. The van der Waals surface area contributed by atoms with Gasteiger partial charge in [-0.15, -0.1) is 0 Å². The Bertz CT molecular complexity index is 3590. The molecule has 0 radical (unpaired) electrons. The van der Waals surface area contributed by atoms with E-state index < -0.39 is 210 Å². The van der Waals surface area contributed by atoms with Gasteiger partial charge in [0.2, 0.25) is 35.4 Å². The van der Waals surface area contributed by atoms with Crippen molar-refractivity contribution >= 4 is 134 Å². The van der Waals surface area contributed by atoms with Crippen LogP contribution in [0.15, 0.2) is 0 Å². The average Bonchev–Trinajstić information content (AvgIpc) is 0.796. The van der Waals surface area contributed by atoms with Crippen LogP contribution in [0.5, 0.6) is 0 Å². The molecule has 3 rings (SSSR count). The smallest absolute Gasteiger partial charge is 0.463 e. The van der Waals surface area contributed by atoms with Gasteiger partial charge in [0, 0.05) is 148 Å². The molecule has 0 saturated carbocycles. The third-order valence-corrected chi connectivity index (χ3v) is 18.9. The molecule has 0 spiro atoms. The van der Waals surface area contributed by atoms with E-state index in [4.69, 9.17) is 87.0 Å². The minimum Gasteiger partial charge on any atom is -0.463 e. The number of carbonyl (C=O) groups excluding carboxylic acids is 18. The van der Waals surface area contributed by atoms with E-state index >= 15 is 0 Å². The van der Waals surface area contributed by atoms with Crippen molar-refractivity contribution in [2.45, 2.75) is 284 Å². The third-order valence-electron chi connectivity index (χ3n) is 17.6. The van der Waals surface area contributed by atoms with Gasteiger partial charge in [0.15, 0.2) is 55.5 Å². The van der Waals surface area contributed by atoms with Gasteiger partial charge >= 0.3 is 187 Å². The number of unbranched alkanes of at least 4 members (excludes halogenated alkanes) is 3. The van der Waals surface area contributed by atoms with E-state index in [2.05, 4.69) is 34.4 Å². The molecule has 672 valence electrons. The number of ether oxygens (including phenoxy) is 16. The van der Waals surface area contributed by atoms with Crippen molar-refractivity contribution < 1.29 is 162 Å². The van der Waals surface area contributed by atoms with Crippen molar-refractivity contribution in [2.75, 3.05) is 84.7 Å². The van der Waals surface area contributed by atoms with Gasteiger partial charge in [-0.05, 0) is 44.9 Å². The summed E-state index contributed by atoms with van der Waals surface area (Å²) in [5.41, 5.74) is 0. The number of nitrogens with zero attached hydrogens (tertiary/aromatic N) is 2. The van der Waals surface area contributed by atoms with Crippen LogP contribution in [0.3, 0.4) is 0 Å². The molecule has 3 fully saturated rings. The van der Waals surface area contributed by atoms with E-state index in [1.807, 2.05) is 0 Å². The monoisotopic (exact) mass is 1750 g/mol. The fourth-order valence-corrected chi connectivity index (χ4v) is 14.0. The molecule has 119 heavy (non-hydrogen) atoms. The molecule has 5 N–H and O–H groups in total. The van der Waals surface area contributed by atoms with Gasteiger partial charge in [0.1, 0.15) is 56.3 Å². The van der Waals surface area contributed by atoms with Crippen molar-refractivity contribution in [3.63, 3.8) is 0 Å². The topological polar surface area (TPSA) is 522 Å². The summed E-state index contributed by atoms with van der Waals surface area (Å²) in [7, 11) is 3.16. The van der Waals surface area contributed by atoms with Gasteiger partial charge in [-0.1, -0.05) is 0 Å². The van der Waals surface area contributed by atoms with E-state index in [1.165, 1.54) is 30.6 Å². The zero-order valence-electron chi connectivity index (χ0n) is 69.6. The first-order chi connectivity index (χ1) is 56.2. The Balaban J connectivity index is 1.85. The van der Waals surface area contributed by atoms with E-state index in [1.54, 1.807) is 6.92 Å². The van der Waals surface area contributed by atoms with Crippen LogP contribution in [0, 0.1) is 0 Å². The molecule has 3 saturated heterocycles. The summed E-state index contributed by atoms with van der Waals surface area (Å²) < 4.78 is 90.5. The summed E-state index contributed by atoms with van der Waals surface area (Å²) in [6, 6.07) is -3.69. The number of Topliss-reactive ketones (excluding diaryl/α,β-unsaturated/α-hetero) is 1. The van der Waals surface area contributed by atoms with Gasteiger partial charge in [-0.25, -0.2) is 0 Å². The van der Waals surface area contributed by atoms with E-state index in [-0.39, 0.29) is 185 Å². The molecule has 0 aromatic carbocycles. The Hall–Kier alpha value is -8.71. The molecule has 0 bridgehead atoms. The standard InChI is InChI=1S/C75H116N7O34PS2/c1-14-55(113-62(99)28-27-54(95)41-119(117)118)72(100)82(32-22-30-77-60(97)25-16-19-36-102-74-64(79-43(3)84)70(111-52(12)93)67(108-49(9)90)57(115-74)39-105-46(6)87)34-23-33-81(61(98)26-17-20-37-103-75-65(80-44(4)85)71(112-53(13)94)68(109-50(10)91)58(116-75)40-106-47(7)88)31-21-29-76-59(96)24-15-18-35-101-73-63(78-42(2)83)69(110-51(11)92)66(107-48(8)89)56(114-73)38-104-45(5)86/h55-58,63-71,73-75H,14-41H2,1-13H3,(H,76,96)(H,77,97)(H,78,83)(H,79,84)(H,80,85)/t55?,56?,57?,58?,63?,64?,65?,66-,67-,68-,69+,70+,71+,73+,74+,75+/m0/s1. The van der Waals surface area contributed by atoms with Crippen molar-refractivity contribution in [1.82, 2.24) is 36.4 Å². The number of hydrogen-bond donors (Lipinski definition) is 5. The van der Waals surface area contributed by atoms with Crippen LogP contribution in [-0.4, -0.2) is 299 Å². The molecule has 3 aliphatic heterocycles. The SMILES string of the molecule is CCC(OC(=O)CCC(=O)CS(#P)=S)C(=O)N(CCCNC(=O)CCCCO[C@@H]1OC(COC(C)=O)[C@H](OC(C)=O)[C@H](OC(C)=O)C1NC(C)=O)CCCN(CCCNC(=O)CCCCO[C@@H]1OC(COC(C)=O)[C@H](OC(C)=O)[C@H](OC(C)=O)C1NC(C)=O)C(=O)CCCCO[C@@H]1OC(COC(C)=O)[C@H](OC(C)=O)[C@H](OC(C)=O)C1NC(C)=O. The number of esters is 10. The molecule has 16 atom stereocenters. The molecule has 7 amide bonds. The van der Waals surface area contributed by atoms with E-state index in [9.17, 15) is 86.3 Å². The van der Waals surface area contributed by atoms with Crippen LogP contribution < -0.4 is 26.6 Å². The Labute approximate surface area is 698 Å². The van der Waals surface area contributed by atoms with Crippen molar-refractivity contribution in [1.29, 1.82) is 0 Å². The van der Waals surface area contributed by atoms with Crippen LogP contribution >= 0.6 is 7.81 Å². The molecule has 0 aliphatic carbocycles. The second kappa shape index (κ2) is 56.0. The number of rotatable bonds is 52. The minimum absolute atomic E-state index is 0.000641. The molecule has 3 heterocycles. The van der Waals surface area contributed by atoms with E-state index in [0.29, 0.717) is 0 Å². The second-order valence-corrected chi connectivity index (χ2v) is 32.2. The summed E-state index contributed by atoms with van der Waals surface area (Å²) in [4.78, 5) is 231. The van der Waals surface area contributed by atoms with Crippen molar-refractivity contribution in [3.05, 3.63) is 0 Å².